The molecular weight excluding hydrogens is 650 g/mol. The van der Waals surface area contributed by atoms with E-state index in [1.807, 2.05) is 23.7 Å². The van der Waals surface area contributed by atoms with Crippen molar-refractivity contribution in [1.82, 2.24) is 29.1 Å². The van der Waals surface area contributed by atoms with E-state index in [9.17, 15) is 4.57 Å². The molecular formula is C33H44N7O4PSSi. The lowest BCUT2D eigenvalue weighted by molar-refractivity contribution is -0.0354. The minimum atomic E-state index is -3.34. The average Bonchev–Trinajstić information content (AvgIpc) is 3.77. The predicted molar refractivity (Wildman–Crippen MR) is 192 cm³/mol. The van der Waals surface area contributed by atoms with Gasteiger partial charge in [0.1, 0.15) is 24.5 Å². The number of imidazole rings is 1. The SMILES string of the molecule is CN1CCC/C1=N\c1ncnc2c1ncn2[C@H]1C[C@H](O[Si](c2ccccc2)(c2ccccc2)C(C)(C)C)[C@@H](CO[P@@](=O)(S)N(C)C)O1. The van der Waals surface area contributed by atoms with Crippen molar-refractivity contribution in [2.24, 2.45) is 4.99 Å². The summed E-state index contributed by atoms with van der Waals surface area (Å²) in [5.74, 6) is 1.53. The quantitative estimate of drug-likeness (QED) is 0.132. The van der Waals surface area contributed by atoms with Crippen LogP contribution in [-0.2, 0) is 18.3 Å². The van der Waals surface area contributed by atoms with Crippen molar-refractivity contribution in [2.75, 3.05) is 34.3 Å². The highest BCUT2D eigenvalue weighted by Gasteiger charge is 2.54. The molecule has 4 heterocycles. The zero-order valence-corrected chi connectivity index (χ0v) is 30.6. The summed E-state index contributed by atoms with van der Waals surface area (Å²) in [5.41, 5.74) is 1.24. The van der Waals surface area contributed by atoms with Gasteiger partial charge in [0, 0.05) is 26.4 Å². The fraction of sp³-hybridized carbons (Fsp3) is 0.455. The van der Waals surface area contributed by atoms with Crippen LogP contribution in [0.1, 0.15) is 46.3 Å². The molecule has 2 aliphatic heterocycles. The Bertz CT molecular complexity index is 1730. The maximum atomic E-state index is 13.2. The van der Waals surface area contributed by atoms with Gasteiger partial charge in [-0.15, -0.1) is 0 Å². The number of nitrogens with zero attached hydrogens (tertiary/aromatic N) is 7. The number of thiol groups is 1. The van der Waals surface area contributed by atoms with E-state index in [2.05, 4.69) is 96.4 Å². The Kier molecular flexibility index (Phi) is 9.79. The van der Waals surface area contributed by atoms with E-state index in [0.717, 1.165) is 35.6 Å². The van der Waals surface area contributed by atoms with Crippen molar-refractivity contribution in [3.05, 3.63) is 73.3 Å². The van der Waals surface area contributed by atoms with Crippen molar-refractivity contribution < 1.29 is 18.3 Å². The van der Waals surface area contributed by atoms with Crippen LogP contribution in [0.2, 0.25) is 5.04 Å². The van der Waals surface area contributed by atoms with Gasteiger partial charge >= 0.3 is 6.72 Å². The zero-order valence-electron chi connectivity index (χ0n) is 27.9. The molecule has 0 aliphatic carbocycles. The summed E-state index contributed by atoms with van der Waals surface area (Å²) >= 11 is 4.35. The fourth-order valence-corrected chi connectivity index (χ4v) is 12.0. The fourth-order valence-electron chi connectivity index (χ4n) is 6.54. The average molecular weight is 694 g/mol. The Morgan fingerprint density at radius 2 is 1.72 bits per heavy atom. The van der Waals surface area contributed by atoms with Crippen LogP contribution in [0, 0.1) is 0 Å². The molecule has 0 N–H and O–H groups in total. The van der Waals surface area contributed by atoms with Crippen molar-refractivity contribution >= 4 is 60.5 Å². The van der Waals surface area contributed by atoms with E-state index in [1.54, 1.807) is 20.4 Å². The smallest absolute Gasteiger partial charge is 0.325 e. The van der Waals surface area contributed by atoms with Crippen LogP contribution in [0.4, 0.5) is 5.82 Å². The first-order valence-corrected chi connectivity index (χ1v) is 20.6. The number of ether oxygens (including phenoxy) is 1. The number of amidine groups is 1. The molecule has 6 rings (SSSR count). The van der Waals surface area contributed by atoms with Gasteiger partial charge < -0.3 is 18.6 Å². The Balaban J connectivity index is 1.40. The maximum absolute atomic E-state index is 13.2. The monoisotopic (exact) mass is 693 g/mol. The van der Waals surface area contributed by atoms with E-state index in [0.29, 0.717) is 23.4 Å². The normalized spacial score (nSPS) is 22.9. The van der Waals surface area contributed by atoms with Gasteiger partial charge in [-0.3, -0.25) is 9.13 Å². The van der Waals surface area contributed by atoms with E-state index >= 15 is 0 Å². The van der Waals surface area contributed by atoms with Crippen LogP contribution in [0.5, 0.6) is 0 Å². The third-order valence-electron chi connectivity index (χ3n) is 9.06. The molecule has 2 aromatic heterocycles. The lowest BCUT2D eigenvalue weighted by atomic mass is 10.2. The predicted octanol–water partition coefficient (Wildman–Crippen LogP) is 5.43. The standard InChI is InChI=1S/C33H44N7O4PSSi/c1-33(2,3)47(24-14-9-7-10-15-24,25-16-11-8-12-17-25)44-26-20-29(43-27(26)21-42-45(41,46)38(4)5)40-23-36-30-31(34-22-35-32(30)40)37-28-18-13-19-39(28)6/h7-12,14-17,22-23,26-27,29H,13,18-21H2,1-6H3,(H,41,46)/b37-28+/t26-,27+,29+,45+/m0/s1. The molecule has 2 fully saturated rings. The molecule has 250 valence electrons. The summed E-state index contributed by atoms with van der Waals surface area (Å²) in [6.45, 7) is 4.40. The largest absolute Gasteiger partial charge is 0.402 e. The number of likely N-dealkylation sites (tertiary alicyclic amines) is 1. The molecule has 14 heteroatoms. The lowest BCUT2D eigenvalue weighted by Crippen LogP contribution is -2.68. The molecule has 11 nitrogen and oxygen atoms in total. The van der Waals surface area contributed by atoms with Gasteiger partial charge in [0.25, 0.3) is 8.32 Å². The second-order valence-corrected chi connectivity index (χ2v) is 21.2. The molecule has 2 aliphatic rings. The van der Waals surface area contributed by atoms with Crippen LogP contribution in [-0.4, -0.2) is 89.7 Å². The summed E-state index contributed by atoms with van der Waals surface area (Å²) < 4.78 is 36.8. The minimum Gasteiger partial charge on any atom is -0.402 e. The molecule has 4 aromatic rings. The maximum Gasteiger partial charge on any atom is 0.325 e. The number of aliphatic imine (C=N–C) groups is 1. The van der Waals surface area contributed by atoms with Crippen molar-refractivity contribution in [3.8, 4) is 0 Å². The van der Waals surface area contributed by atoms with Gasteiger partial charge in [0.15, 0.2) is 17.0 Å². The Morgan fingerprint density at radius 1 is 1.06 bits per heavy atom. The molecule has 0 amide bonds. The van der Waals surface area contributed by atoms with Crippen molar-refractivity contribution in [1.29, 1.82) is 0 Å². The summed E-state index contributed by atoms with van der Waals surface area (Å²) in [4.78, 5) is 20.8. The molecule has 0 saturated carbocycles. The van der Waals surface area contributed by atoms with Gasteiger partial charge in [-0.2, -0.15) is 0 Å². The van der Waals surface area contributed by atoms with E-state index in [-0.39, 0.29) is 11.6 Å². The van der Waals surface area contributed by atoms with Crippen LogP contribution < -0.4 is 10.4 Å². The Morgan fingerprint density at radius 3 is 2.30 bits per heavy atom. The summed E-state index contributed by atoms with van der Waals surface area (Å²) in [5, 5.41) is 2.07. The first kappa shape index (κ1) is 34.0. The van der Waals surface area contributed by atoms with E-state index < -0.39 is 33.5 Å². The van der Waals surface area contributed by atoms with Gasteiger partial charge in [0.2, 0.25) is 0 Å². The van der Waals surface area contributed by atoms with Crippen LogP contribution in [0.25, 0.3) is 11.2 Å². The van der Waals surface area contributed by atoms with Crippen molar-refractivity contribution in [2.45, 2.75) is 63.5 Å². The lowest BCUT2D eigenvalue weighted by Gasteiger charge is -2.45. The molecule has 0 bridgehead atoms. The Hall–Kier alpha value is -2.90. The third kappa shape index (κ3) is 6.72. The highest BCUT2D eigenvalue weighted by atomic mass is 32.7. The highest BCUT2D eigenvalue weighted by Crippen LogP contribution is 2.54. The molecule has 47 heavy (non-hydrogen) atoms. The molecule has 2 aromatic carbocycles. The van der Waals surface area contributed by atoms with E-state index in [4.69, 9.17) is 23.7 Å². The summed E-state index contributed by atoms with van der Waals surface area (Å²) in [6, 6.07) is 21.0. The van der Waals surface area contributed by atoms with Crippen LogP contribution in [0.15, 0.2) is 78.3 Å². The first-order chi connectivity index (χ1) is 22.4. The number of hydrogen-bond acceptors (Lipinski definition) is 8. The summed E-state index contributed by atoms with van der Waals surface area (Å²) in [6.07, 6.45) is 4.30. The Labute approximate surface area is 283 Å². The van der Waals surface area contributed by atoms with Gasteiger partial charge in [-0.25, -0.2) is 24.6 Å². The number of aromatic nitrogens is 4. The van der Waals surface area contributed by atoms with Crippen molar-refractivity contribution in [3.63, 3.8) is 0 Å². The van der Waals surface area contributed by atoms with Gasteiger partial charge in [0.05, 0.1) is 19.0 Å². The topological polar surface area (TPSA) is 107 Å². The first-order valence-electron chi connectivity index (χ1n) is 16.0. The number of rotatable bonds is 10. The third-order valence-corrected chi connectivity index (χ3v) is 17.0. The highest BCUT2D eigenvalue weighted by molar-refractivity contribution is 8.45. The summed E-state index contributed by atoms with van der Waals surface area (Å²) in [7, 11) is 2.45. The molecule has 0 spiro atoms. The van der Waals surface area contributed by atoms with E-state index in [1.165, 1.54) is 11.0 Å². The minimum absolute atomic E-state index is 0.0329. The second kappa shape index (κ2) is 13.5. The number of fused-ring (bicyclic) bond motifs is 1. The van der Waals surface area contributed by atoms with Crippen LogP contribution in [0.3, 0.4) is 0 Å². The van der Waals surface area contributed by atoms with Gasteiger partial charge in [-0.05, 0) is 35.9 Å². The number of hydrogen-bond donors (Lipinski definition) is 1. The number of benzene rings is 2. The van der Waals surface area contributed by atoms with Gasteiger partial charge in [-0.1, -0.05) is 93.7 Å². The molecule has 0 unspecified atom stereocenters. The second-order valence-electron chi connectivity index (χ2n) is 13.4. The molecule has 4 atom stereocenters. The molecule has 0 radical (unpaired) electrons. The van der Waals surface area contributed by atoms with Crippen LogP contribution >= 0.6 is 19.0 Å². The molecule has 2 saturated heterocycles. The zero-order chi connectivity index (χ0) is 33.4.